The van der Waals surface area contributed by atoms with Gasteiger partial charge in [0, 0.05) is 6.54 Å². The number of benzene rings is 2. The first-order valence-corrected chi connectivity index (χ1v) is 10.0. The number of rotatable bonds is 7. The molecule has 0 aliphatic heterocycles. The maximum absolute atomic E-state index is 12.5. The molecule has 1 amide bonds. The minimum atomic E-state index is -3.58. The molecule has 6 heteroatoms. The highest BCUT2D eigenvalue weighted by molar-refractivity contribution is 7.92. The summed E-state index contributed by atoms with van der Waals surface area (Å²) in [6.07, 6.45) is 1.81. The highest BCUT2D eigenvalue weighted by Gasteiger charge is 2.28. The third-order valence-corrected chi connectivity index (χ3v) is 5.14. The lowest BCUT2D eigenvalue weighted by Crippen LogP contribution is -2.48. The molecule has 0 aromatic heterocycles. The smallest absolute Gasteiger partial charge is 0.243 e. The molecule has 25 heavy (non-hydrogen) atoms. The molecule has 1 N–H and O–H groups in total. The lowest BCUT2D eigenvalue weighted by Gasteiger charge is -2.28. The molecule has 1 unspecified atom stereocenters. The molecule has 0 aliphatic rings. The molecule has 0 spiro atoms. The monoisotopic (exact) mass is 360 g/mol. The second-order valence-electron chi connectivity index (χ2n) is 6.10. The maximum Gasteiger partial charge on any atom is 0.243 e. The van der Waals surface area contributed by atoms with Crippen LogP contribution in [0.5, 0.6) is 0 Å². The fourth-order valence-corrected chi connectivity index (χ4v) is 3.86. The largest absolute Gasteiger partial charge is 0.354 e. The molecule has 0 bridgehead atoms. The van der Waals surface area contributed by atoms with Crippen molar-refractivity contribution in [2.45, 2.75) is 26.3 Å². The molecular formula is C19H24N2O3S. The van der Waals surface area contributed by atoms with Gasteiger partial charge in [0.15, 0.2) is 0 Å². The minimum absolute atomic E-state index is 0.317. The second-order valence-corrected chi connectivity index (χ2v) is 7.96. The number of hydrogen-bond donors (Lipinski definition) is 1. The van der Waals surface area contributed by atoms with Crippen molar-refractivity contribution in [3.8, 4) is 0 Å². The number of nitrogens with one attached hydrogen (secondary N) is 1. The van der Waals surface area contributed by atoms with Crippen molar-refractivity contribution in [3.63, 3.8) is 0 Å². The van der Waals surface area contributed by atoms with Crippen molar-refractivity contribution >= 4 is 21.6 Å². The quantitative estimate of drug-likeness (QED) is 0.825. The van der Waals surface area contributed by atoms with E-state index < -0.39 is 16.1 Å². The van der Waals surface area contributed by atoms with Crippen molar-refractivity contribution < 1.29 is 13.2 Å². The Hall–Kier alpha value is -2.34. The zero-order chi connectivity index (χ0) is 18.4. The van der Waals surface area contributed by atoms with E-state index >= 15 is 0 Å². The number of carbonyl (C=O) groups excluding carboxylic acids is 1. The molecule has 2 rings (SSSR count). The van der Waals surface area contributed by atoms with E-state index in [2.05, 4.69) is 5.32 Å². The molecule has 0 saturated carbocycles. The highest BCUT2D eigenvalue weighted by Crippen LogP contribution is 2.21. The first-order valence-electron chi connectivity index (χ1n) is 8.17. The third kappa shape index (κ3) is 5.32. The molecule has 0 radical (unpaired) electrons. The van der Waals surface area contributed by atoms with Crippen molar-refractivity contribution in [2.75, 3.05) is 17.1 Å². The van der Waals surface area contributed by atoms with Gasteiger partial charge in [0.1, 0.15) is 6.04 Å². The Morgan fingerprint density at radius 1 is 1.12 bits per heavy atom. The van der Waals surface area contributed by atoms with Crippen LogP contribution in [-0.4, -0.2) is 33.2 Å². The van der Waals surface area contributed by atoms with Crippen molar-refractivity contribution in [3.05, 3.63) is 65.7 Å². The van der Waals surface area contributed by atoms with Crippen LogP contribution in [0.15, 0.2) is 54.6 Å². The van der Waals surface area contributed by atoms with Gasteiger partial charge < -0.3 is 5.32 Å². The number of hydrogen-bond acceptors (Lipinski definition) is 3. The average molecular weight is 360 g/mol. The molecule has 0 aliphatic carbocycles. The Labute approximate surface area is 149 Å². The number of amides is 1. The van der Waals surface area contributed by atoms with Crippen LogP contribution in [0.3, 0.4) is 0 Å². The summed E-state index contributed by atoms with van der Waals surface area (Å²) in [5.74, 6) is -0.317. The molecule has 1 atom stereocenters. The van der Waals surface area contributed by atoms with E-state index in [1.54, 1.807) is 25.1 Å². The minimum Gasteiger partial charge on any atom is -0.354 e. The zero-order valence-corrected chi connectivity index (χ0v) is 15.6. The van der Waals surface area contributed by atoms with Gasteiger partial charge in [-0.1, -0.05) is 42.5 Å². The van der Waals surface area contributed by atoms with Gasteiger partial charge in [0.2, 0.25) is 15.9 Å². The van der Waals surface area contributed by atoms with Crippen LogP contribution in [-0.2, 0) is 21.2 Å². The number of sulfonamides is 1. The Morgan fingerprint density at radius 3 is 2.40 bits per heavy atom. The van der Waals surface area contributed by atoms with Gasteiger partial charge in [-0.3, -0.25) is 9.10 Å². The summed E-state index contributed by atoms with van der Waals surface area (Å²) in [7, 11) is -3.58. The summed E-state index contributed by atoms with van der Waals surface area (Å²) in [6.45, 7) is 3.94. The van der Waals surface area contributed by atoms with Gasteiger partial charge in [0.25, 0.3) is 0 Å². The SMILES string of the molecule is Cc1cccc(N(C(C)C(=O)NCCc2ccccc2)S(C)(=O)=O)c1. The van der Waals surface area contributed by atoms with Crippen LogP contribution in [0.2, 0.25) is 0 Å². The van der Waals surface area contributed by atoms with Crippen molar-refractivity contribution in [1.82, 2.24) is 5.32 Å². The van der Waals surface area contributed by atoms with E-state index in [0.29, 0.717) is 18.7 Å². The van der Waals surface area contributed by atoms with Crippen molar-refractivity contribution in [1.29, 1.82) is 0 Å². The van der Waals surface area contributed by atoms with E-state index in [1.165, 1.54) is 0 Å². The predicted octanol–water partition coefficient (Wildman–Crippen LogP) is 2.51. The molecule has 0 heterocycles. The lowest BCUT2D eigenvalue weighted by molar-refractivity contribution is -0.121. The lowest BCUT2D eigenvalue weighted by atomic mass is 10.1. The average Bonchev–Trinajstić information content (AvgIpc) is 2.54. The van der Waals surface area contributed by atoms with Crippen LogP contribution < -0.4 is 9.62 Å². The number of aryl methyl sites for hydroxylation is 1. The first-order chi connectivity index (χ1) is 11.8. The van der Waals surface area contributed by atoms with E-state index in [4.69, 9.17) is 0 Å². The normalized spacial score (nSPS) is 12.4. The fraction of sp³-hybridized carbons (Fsp3) is 0.316. The predicted molar refractivity (Wildman–Crippen MR) is 101 cm³/mol. The molecule has 2 aromatic carbocycles. The van der Waals surface area contributed by atoms with E-state index in [9.17, 15) is 13.2 Å². The number of nitrogens with zero attached hydrogens (tertiary/aromatic N) is 1. The molecule has 5 nitrogen and oxygen atoms in total. The number of carbonyl (C=O) groups is 1. The Morgan fingerprint density at radius 2 is 1.80 bits per heavy atom. The highest BCUT2D eigenvalue weighted by atomic mass is 32.2. The van der Waals surface area contributed by atoms with Crippen LogP contribution in [0.1, 0.15) is 18.1 Å². The van der Waals surface area contributed by atoms with Gasteiger partial charge in [-0.2, -0.15) is 0 Å². The van der Waals surface area contributed by atoms with Gasteiger partial charge in [-0.25, -0.2) is 8.42 Å². The topological polar surface area (TPSA) is 66.5 Å². The van der Waals surface area contributed by atoms with Crippen LogP contribution in [0.25, 0.3) is 0 Å². The first kappa shape index (κ1) is 19.0. The van der Waals surface area contributed by atoms with E-state index in [1.807, 2.05) is 43.3 Å². The van der Waals surface area contributed by atoms with E-state index in [0.717, 1.165) is 21.7 Å². The standard InChI is InChI=1S/C19H24N2O3S/c1-15-8-7-11-18(14-15)21(25(3,23)24)16(2)19(22)20-13-12-17-9-5-4-6-10-17/h4-11,14,16H,12-13H2,1-3H3,(H,20,22). The summed E-state index contributed by atoms with van der Waals surface area (Å²) in [5.41, 5.74) is 2.55. The van der Waals surface area contributed by atoms with Crippen LogP contribution in [0.4, 0.5) is 5.69 Å². The summed E-state index contributed by atoms with van der Waals surface area (Å²) in [6, 6.07) is 16.1. The Balaban J connectivity index is 2.08. The van der Waals surface area contributed by atoms with Gasteiger partial charge in [-0.05, 0) is 43.5 Å². The molecule has 0 saturated heterocycles. The summed E-state index contributed by atoms with van der Waals surface area (Å²) in [4.78, 5) is 12.5. The van der Waals surface area contributed by atoms with Crippen LogP contribution >= 0.6 is 0 Å². The maximum atomic E-state index is 12.5. The Kier molecular flexibility index (Phi) is 6.20. The zero-order valence-electron chi connectivity index (χ0n) is 14.8. The van der Waals surface area contributed by atoms with E-state index in [-0.39, 0.29) is 5.91 Å². The van der Waals surface area contributed by atoms with Gasteiger partial charge in [-0.15, -0.1) is 0 Å². The van der Waals surface area contributed by atoms with Gasteiger partial charge >= 0.3 is 0 Å². The summed E-state index contributed by atoms with van der Waals surface area (Å²) < 4.78 is 25.6. The van der Waals surface area contributed by atoms with Crippen molar-refractivity contribution in [2.24, 2.45) is 0 Å². The molecule has 0 fully saturated rings. The Bertz CT molecular complexity index is 820. The molecule has 2 aromatic rings. The second kappa shape index (κ2) is 8.16. The molecule has 134 valence electrons. The fourth-order valence-electron chi connectivity index (χ4n) is 2.70. The number of anilines is 1. The van der Waals surface area contributed by atoms with Crippen LogP contribution in [0, 0.1) is 6.92 Å². The van der Waals surface area contributed by atoms with Gasteiger partial charge in [0.05, 0.1) is 11.9 Å². The summed E-state index contributed by atoms with van der Waals surface area (Å²) >= 11 is 0. The molecular weight excluding hydrogens is 336 g/mol. The third-order valence-electron chi connectivity index (χ3n) is 3.90. The summed E-state index contributed by atoms with van der Waals surface area (Å²) in [5, 5.41) is 2.82.